The topological polar surface area (TPSA) is 78.3 Å². The van der Waals surface area contributed by atoms with Crippen LogP contribution in [0.15, 0.2) is 66.3 Å². The molecule has 0 aliphatic carbocycles. The zero-order valence-corrected chi connectivity index (χ0v) is 18.7. The SMILES string of the molecule is C=CCn1c(SCC(=O)Nc2ccccc2OC)nnc1C(C)Oc1ccc(C)cc1. The van der Waals surface area contributed by atoms with Gasteiger partial charge in [-0.25, -0.2) is 0 Å². The highest BCUT2D eigenvalue weighted by atomic mass is 32.2. The predicted octanol–water partition coefficient (Wildman–Crippen LogP) is 4.65. The number of thioether (sulfide) groups is 1. The van der Waals surface area contributed by atoms with Crippen molar-refractivity contribution < 1.29 is 14.3 Å². The molecule has 0 aliphatic heterocycles. The van der Waals surface area contributed by atoms with Crippen molar-refractivity contribution in [3.8, 4) is 11.5 Å². The molecule has 0 saturated carbocycles. The highest BCUT2D eigenvalue weighted by Crippen LogP contribution is 2.26. The van der Waals surface area contributed by atoms with Crippen molar-refractivity contribution in [2.45, 2.75) is 31.7 Å². The van der Waals surface area contributed by atoms with E-state index in [1.807, 2.05) is 54.8 Å². The van der Waals surface area contributed by atoms with Gasteiger partial charge in [-0.1, -0.05) is 47.7 Å². The maximum Gasteiger partial charge on any atom is 0.234 e. The number of allylic oxidation sites excluding steroid dienone is 1. The molecule has 1 amide bonds. The summed E-state index contributed by atoms with van der Waals surface area (Å²) in [5, 5.41) is 12.1. The summed E-state index contributed by atoms with van der Waals surface area (Å²) in [6.45, 7) is 8.29. The Morgan fingerprint density at radius 1 is 1.23 bits per heavy atom. The number of aromatic nitrogens is 3. The third-order valence-electron chi connectivity index (χ3n) is 4.47. The molecule has 1 unspecified atom stereocenters. The van der Waals surface area contributed by atoms with Gasteiger partial charge in [0.2, 0.25) is 5.91 Å². The number of carbonyl (C=O) groups is 1. The quantitative estimate of drug-likeness (QED) is 0.367. The fourth-order valence-electron chi connectivity index (χ4n) is 2.95. The van der Waals surface area contributed by atoms with Crippen LogP contribution in [0.4, 0.5) is 5.69 Å². The van der Waals surface area contributed by atoms with Crippen LogP contribution >= 0.6 is 11.8 Å². The van der Waals surface area contributed by atoms with Gasteiger partial charge >= 0.3 is 0 Å². The lowest BCUT2D eigenvalue weighted by atomic mass is 10.2. The van der Waals surface area contributed by atoms with Crippen LogP contribution in [0.3, 0.4) is 0 Å². The molecular formula is C23H26N4O3S. The standard InChI is InChI=1S/C23H26N4O3S/c1-5-14-27-22(17(3)30-18-12-10-16(2)11-13-18)25-26-23(27)31-15-21(28)24-19-8-6-7-9-20(19)29-4/h5-13,17H,1,14-15H2,2-4H3,(H,24,28). The molecule has 3 aromatic rings. The number of hydrogen-bond acceptors (Lipinski definition) is 6. The molecule has 1 aromatic heterocycles. The third-order valence-corrected chi connectivity index (χ3v) is 5.43. The van der Waals surface area contributed by atoms with Crippen molar-refractivity contribution in [2.75, 3.05) is 18.2 Å². The lowest BCUT2D eigenvalue weighted by Gasteiger charge is -2.16. The first kappa shape index (κ1) is 22.4. The Morgan fingerprint density at radius 2 is 1.97 bits per heavy atom. The molecule has 1 N–H and O–H groups in total. The Bertz CT molecular complexity index is 1030. The van der Waals surface area contributed by atoms with Gasteiger partial charge in [0.15, 0.2) is 17.1 Å². The van der Waals surface area contributed by atoms with Gasteiger partial charge in [0.1, 0.15) is 11.5 Å². The van der Waals surface area contributed by atoms with Crippen LogP contribution < -0.4 is 14.8 Å². The molecule has 0 radical (unpaired) electrons. The molecule has 3 rings (SSSR count). The van der Waals surface area contributed by atoms with Crippen molar-refractivity contribution in [3.63, 3.8) is 0 Å². The Kier molecular flexibility index (Phi) is 7.72. The smallest absolute Gasteiger partial charge is 0.234 e. The van der Waals surface area contributed by atoms with Gasteiger partial charge in [-0.15, -0.1) is 16.8 Å². The number of nitrogens with zero attached hydrogens (tertiary/aromatic N) is 3. The minimum Gasteiger partial charge on any atom is -0.495 e. The van der Waals surface area contributed by atoms with Gasteiger partial charge in [-0.3, -0.25) is 9.36 Å². The maximum atomic E-state index is 12.4. The van der Waals surface area contributed by atoms with Crippen LogP contribution in [0.5, 0.6) is 11.5 Å². The van der Waals surface area contributed by atoms with E-state index >= 15 is 0 Å². The normalized spacial score (nSPS) is 11.6. The van der Waals surface area contributed by atoms with Crippen LogP contribution in [-0.4, -0.2) is 33.5 Å². The van der Waals surface area contributed by atoms with E-state index in [-0.39, 0.29) is 17.8 Å². The zero-order valence-electron chi connectivity index (χ0n) is 17.9. The fraction of sp³-hybridized carbons (Fsp3) is 0.261. The fourth-order valence-corrected chi connectivity index (χ4v) is 3.70. The van der Waals surface area contributed by atoms with E-state index in [9.17, 15) is 4.79 Å². The van der Waals surface area contributed by atoms with Crippen LogP contribution in [-0.2, 0) is 11.3 Å². The molecular weight excluding hydrogens is 412 g/mol. The summed E-state index contributed by atoms with van der Waals surface area (Å²) in [4.78, 5) is 12.4. The van der Waals surface area contributed by atoms with Gasteiger partial charge in [0.05, 0.1) is 18.6 Å². The number of para-hydroxylation sites is 2. The number of carbonyl (C=O) groups excluding carboxylic acids is 1. The molecule has 0 saturated heterocycles. The Morgan fingerprint density at radius 3 is 2.68 bits per heavy atom. The van der Waals surface area contributed by atoms with Gasteiger partial charge in [0.25, 0.3) is 0 Å². The first-order chi connectivity index (χ1) is 15.0. The van der Waals surface area contributed by atoms with E-state index < -0.39 is 0 Å². The Balaban J connectivity index is 1.67. The first-order valence-electron chi connectivity index (χ1n) is 9.84. The largest absolute Gasteiger partial charge is 0.495 e. The van der Waals surface area contributed by atoms with E-state index in [0.717, 1.165) is 5.75 Å². The summed E-state index contributed by atoms with van der Waals surface area (Å²) >= 11 is 1.31. The van der Waals surface area contributed by atoms with E-state index in [0.29, 0.717) is 29.0 Å². The lowest BCUT2D eigenvalue weighted by molar-refractivity contribution is -0.113. The Hall–Kier alpha value is -3.26. The minimum atomic E-state index is -0.313. The summed E-state index contributed by atoms with van der Waals surface area (Å²) < 4.78 is 13.2. The zero-order chi connectivity index (χ0) is 22.2. The molecule has 0 bridgehead atoms. The highest BCUT2D eigenvalue weighted by molar-refractivity contribution is 7.99. The third kappa shape index (κ3) is 5.88. The van der Waals surface area contributed by atoms with Crippen molar-refractivity contribution >= 4 is 23.4 Å². The number of nitrogens with one attached hydrogen (secondary N) is 1. The summed E-state index contributed by atoms with van der Waals surface area (Å²) in [5.74, 6) is 2.07. The van der Waals surface area contributed by atoms with Crippen LogP contribution in [0, 0.1) is 6.92 Å². The van der Waals surface area contributed by atoms with Gasteiger partial charge in [-0.05, 0) is 38.1 Å². The summed E-state index contributed by atoms with van der Waals surface area (Å²) in [7, 11) is 1.57. The second-order valence-electron chi connectivity index (χ2n) is 6.85. The van der Waals surface area contributed by atoms with Crippen LogP contribution in [0.2, 0.25) is 0 Å². The molecule has 1 atom stereocenters. The highest BCUT2D eigenvalue weighted by Gasteiger charge is 2.20. The average molecular weight is 439 g/mol. The van der Waals surface area contributed by atoms with Gasteiger partial charge in [0, 0.05) is 6.54 Å². The molecule has 0 spiro atoms. The van der Waals surface area contributed by atoms with E-state index in [2.05, 4.69) is 22.1 Å². The molecule has 162 valence electrons. The van der Waals surface area contributed by atoms with Crippen molar-refractivity contribution in [1.29, 1.82) is 0 Å². The van der Waals surface area contributed by atoms with Crippen LogP contribution in [0.1, 0.15) is 24.4 Å². The molecule has 8 heteroatoms. The molecule has 31 heavy (non-hydrogen) atoms. The second kappa shape index (κ2) is 10.7. The van der Waals surface area contributed by atoms with Gasteiger partial charge in [-0.2, -0.15) is 0 Å². The van der Waals surface area contributed by atoms with E-state index in [1.54, 1.807) is 25.3 Å². The van der Waals surface area contributed by atoms with Crippen molar-refractivity contribution in [3.05, 3.63) is 72.6 Å². The predicted molar refractivity (Wildman–Crippen MR) is 123 cm³/mol. The van der Waals surface area contributed by atoms with Crippen molar-refractivity contribution in [1.82, 2.24) is 14.8 Å². The van der Waals surface area contributed by atoms with Gasteiger partial charge < -0.3 is 14.8 Å². The summed E-state index contributed by atoms with van der Waals surface area (Å²) in [6.07, 6.45) is 1.46. The number of anilines is 1. The lowest BCUT2D eigenvalue weighted by Crippen LogP contribution is -2.16. The van der Waals surface area contributed by atoms with E-state index in [4.69, 9.17) is 9.47 Å². The molecule has 2 aromatic carbocycles. The Labute approximate surface area is 186 Å². The first-order valence-corrected chi connectivity index (χ1v) is 10.8. The monoisotopic (exact) mass is 438 g/mol. The van der Waals surface area contributed by atoms with Crippen molar-refractivity contribution in [2.24, 2.45) is 0 Å². The van der Waals surface area contributed by atoms with Crippen LogP contribution in [0.25, 0.3) is 0 Å². The molecule has 7 nitrogen and oxygen atoms in total. The molecule has 0 aliphatic rings. The number of amides is 1. The number of methoxy groups -OCH3 is 1. The number of aryl methyl sites for hydroxylation is 1. The summed E-state index contributed by atoms with van der Waals surface area (Å²) in [6, 6.07) is 15.1. The second-order valence-corrected chi connectivity index (χ2v) is 7.79. The number of benzene rings is 2. The van der Waals surface area contributed by atoms with E-state index in [1.165, 1.54) is 17.3 Å². The number of rotatable bonds is 10. The number of ether oxygens (including phenoxy) is 2. The number of hydrogen-bond donors (Lipinski definition) is 1. The average Bonchev–Trinajstić information content (AvgIpc) is 3.17. The summed E-state index contributed by atoms with van der Waals surface area (Å²) in [5.41, 5.74) is 1.80. The molecule has 1 heterocycles. The minimum absolute atomic E-state index is 0.159. The maximum absolute atomic E-state index is 12.4. The molecule has 0 fully saturated rings.